The highest BCUT2D eigenvalue weighted by molar-refractivity contribution is 5.91. The number of rotatable bonds is 5. The summed E-state index contributed by atoms with van der Waals surface area (Å²) in [4.78, 5) is 24.4. The minimum Gasteiger partial charge on any atom is -0.481 e. The van der Waals surface area contributed by atoms with Gasteiger partial charge in [0.2, 0.25) is 12.7 Å². The number of hydrogen-bond acceptors (Lipinski definition) is 5. The van der Waals surface area contributed by atoms with E-state index in [2.05, 4.69) is 5.32 Å². The molecule has 1 saturated heterocycles. The molecule has 0 aromatic heterocycles. The van der Waals surface area contributed by atoms with Crippen molar-refractivity contribution >= 4 is 30.0 Å². The number of likely N-dealkylation sites (tertiary alicyclic amines) is 1. The first kappa shape index (κ1) is 21.1. The van der Waals surface area contributed by atoms with E-state index in [0.717, 1.165) is 0 Å². The zero-order chi connectivity index (χ0) is 18.9. The van der Waals surface area contributed by atoms with Crippen LogP contribution in [0.2, 0.25) is 0 Å². The largest absolute Gasteiger partial charge is 0.481 e. The van der Waals surface area contributed by atoms with Gasteiger partial charge in [0, 0.05) is 37.8 Å². The van der Waals surface area contributed by atoms with Crippen molar-refractivity contribution in [1.29, 1.82) is 0 Å². The van der Waals surface area contributed by atoms with Crippen molar-refractivity contribution in [2.75, 3.05) is 31.7 Å². The smallest absolute Gasteiger partial charge is 0.393 e. The molecule has 150 valence electrons. The third-order valence-corrected chi connectivity index (χ3v) is 4.44. The second kappa shape index (κ2) is 8.22. The molecule has 0 unspecified atom stereocenters. The van der Waals surface area contributed by atoms with Crippen LogP contribution in [0.5, 0.6) is 11.5 Å². The molecule has 2 aliphatic heterocycles. The van der Waals surface area contributed by atoms with Crippen molar-refractivity contribution in [3.8, 4) is 11.5 Å². The fourth-order valence-electron chi connectivity index (χ4n) is 3.11. The van der Waals surface area contributed by atoms with Gasteiger partial charge in [-0.1, -0.05) is 0 Å². The third kappa shape index (κ3) is 4.95. The molecule has 1 aromatic rings. The van der Waals surface area contributed by atoms with Gasteiger partial charge in [-0.05, 0) is 12.1 Å². The van der Waals surface area contributed by atoms with Crippen LogP contribution in [-0.2, 0) is 9.59 Å². The van der Waals surface area contributed by atoms with E-state index >= 15 is 0 Å². The predicted molar refractivity (Wildman–Crippen MR) is 90.2 cm³/mol. The molecular formula is C16H18ClF3N2O5. The number of amides is 1. The van der Waals surface area contributed by atoms with E-state index in [1.54, 1.807) is 18.2 Å². The van der Waals surface area contributed by atoms with Crippen LogP contribution < -0.4 is 14.8 Å². The molecule has 0 bridgehead atoms. The quantitative estimate of drug-likeness (QED) is 0.774. The number of alkyl halides is 3. The molecule has 1 fully saturated rings. The summed E-state index contributed by atoms with van der Waals surface area (Å²) >= 11 is 0. The Labute approximate surface area is 158 Å². The molecular weight excluding hydrogens is 393 g/mol. The number of nitrogens with one attached hydrogen (secondary N) is 1. The molecule has 7 nitrogen and oxygen atoms in total. The number of benzene rings is 1. The van der Waals surface area contributed by atoms with Gasteiger partial charge in [-0.2, -0.15) is 13.2 Å². The summed E-state index contributed by atoms with van der Waals surface area (Å²) in [6, 6.07) is 4.86. The minimum atomic E-state index is -4.58. The van der Waals surface area contributed by atoms with Crippen LogP contribution in [0.4, 0.5) is 18.9 Å². The van der Waals surface area contributed by atoms with E-state index in [9.17, 15) is 22.8 Å². The second-order valence-corrected chi connectivity index (χ2v) is 6.22. The van der Waals surface area contributed by atoms with Crippen LogP contribution >= 0.6 is 12.4 Å². The summed E-state index contributed by atoms with van der Waals surface area (Å²) in [7, 11) is 0. The zero-order valence-electron chi connectivity index (χ0n) is 14.0. The number of nitrogens with zero attached hydrogens (tertiary/aromatic N) is 1. The first-order chi connectivity index (χ1) is 12.2. The maximum Gasteiger partial charge on any atom is 0.393 e. The average molecular weight is 411 g/mol. The normalized spacial score (nSPS) is 21.6. The third-order valence-electron chi connectivity index (χ3n) is 4.44. The summed E-state index contributed by atoms with van der Waals surface area (Å²) in [6.45, 7) is -0.492. The number of hydrogen-bond donors (Lipinski definition) is 2. The summed E-state index contributed by atoms with van der Waals surface area (Å²) in [5.74, 6) is -4.22. The van der Waals surface area contributed by atoms with Gasteiger partial charge in [-0.15, -0.1) is 12.4 Å². The van der Waals surface area contributed by atoms with Gasteiger partial charge < -0.3 is 24.8 Å². The van der Waals surface area contributed by atoms with Gasteiger partial charge in [0.05, 0.1) is 11.8 Å². The number of ether oxygens (including phenoxy) is 2. The Kier molecular flexibility index (Phi) is 6.42. The molecule has 1 aromatic carbocycles. The summed E-state index contributed by atoms with van der Waals surface area (Å²) in [6.07, 6.45) is -4.63. The molecule has 0 saturated carbocycles. The molecule has 11 heteroatoms. The van der Waals surface area contributed by atoms with E-state index in [4.69, 9.17) is 14.6 Å². The molecule has 2 N–H and O–H groups in total. The lowest BCUT2D eigenvalue weighted by Gasteiger charge is -2.18. The van der Waals surface area contributed by atoms with Gasteiger partial charge in [-0.3, -0.25) is 9.59 Å². The number of aliphatic carboxylic acids is 1. The molecule has 2 aliphatic rings. The van der Waals surface area contributed by atoms with Crippen molar-refractivity contribution in [2.45, 2.75) is 12.6 Å². The maximum atomic E-state index is 12.9. The highest BCUT2D eigenvalue weighted by Gasteiger charge is 2.52. The Morgan fingerprint density at radius 2 is 1.93 bits per heavy atom. The highest BCUT2D eigenvalue weighted by atomic mass is 35.5. The van der Waals surface area contributed by atoms with Gasteiger partial charge in [0.1, 0.15) is 0 Å². The van der Waals surface area contributed by atoms with Crippen LogP contribution in [0.25, 0.3) is 0 Å². The molecule has 0 radical (unpaired) electrons. The average Bonchev–Trinajstić information content (AvgIpc) is 3.18. The lowest BCUT2D eigenvalue weighted by Crippen LogP contribution is -2.33. The van der Waals surface area contributed by atoms with Gasteiger partial charge in [-0.25, -0.2) is 0 Å². The minimum absolute atomic E-state index is 0. The van der Waals surface area contributed by atoms with E-state index in [1.807, 2.05) is 0 Å². The monoisotopic (exact) mass is 410 g/mol. The topological polar surface area (TPSA) is 88.1 Å². The van der Waals surface area contributed by atoms with Crippen molar-refractivity contribution in [3.05, 3.63) is 18.2 Å². The number of carboxylic acid groups (broad SMARTS) is 1. The number of halogens is 4. The molecule has 2 heterocycles. The van der Waals surface area contributed by atoms with Crippen molar-refractivity contribution in [3.63, 3.8) is 0 Å². The highest BCUT2D eigenvalue weighted by Crippen LogP contribution is 2.38. The second-order valence-electron chi connectivity index (χ2n) is 6.22. The predicted octanol–water partition coefficient (Wildman–Crippen LogP) is 2.36. The first-order valence-corrected chi connectivity index (χ1v) is 7.95. The number of anilines is 1. The molecule has 0 spiro atoms. The Bertz CT molecular complexity index is 716. The van der Waals surface area contributed by atoms with Crippen LogP contribution in [0.1, 0.15) is 6.42 Å². The van der Waals surface area contributed by atoms with Gasteiger partial charge in [0.25, 0.3) is 0 Å². The van der Waals surface area contributed by atoms with E-state index < -0.39 is 30.5 Å². The van der Waals surface area contributed by atoms with Crippen LogP contribution in [0.15, 0.2) is 18.2 Å². The first-order valence-electron chi connectivity index (χ1n) is 7.95. The Morgan fingerprint density at radius 3 is 2.56 bits per heavy atom. The Morgan fingerprint density at radius 1 is 1.22 bits per heavy atom. The number of carbonyl (C=O) groups is 2. The molecule has 3 rings (SSSR count). The van der Waals surface area contributed by atoms with Crippen molar-refractivity contribution in [1.82, 2.24) is 4.90 Å². The Balaban J connectivity index is 0.00000261. The van der Waals surface area contributed by atoms with Crippen LogP contribution in [0.3, 0.4) is 0 Å². The van der Waals surface area contributed by atoms with Crippen LogP contribution in [0, 0.1) is 11.8 Å². The van der Waals surface area contributed by atoms with Crippen molar-refractivity contribution < 1.29 is 37.3 Å². The molecule has 1 amide bonds. The zero-order valence-corrected chi connectivity index (χ0v) is 14.8. The van der Waals surface area contributed by atoms with E-state index in [0.29, 0.717) is 17.2 Å². The summed E-state index contributed by atoms with van der Waals surface area (Å²) in [5, 5.41) is 11.6. The summed E-state index contributed by atoms with van der Waals surface area (Å²) in [5.41, 5.74) is 0.484. The standard InChI is InChI=1S/C16H17F3N2O5.ClH/c17-16(18,19)11-7-21(6-10(11)15(23)24)4-3-14(22)20-9-1-2-12-13(5-9)26-8-25-12;/h1-2,5,10-11H,3-4,6-8H2,(H,20,22)(H,23,24);1H/t10-,11-;/m1./s1. The van der Waals surface area contributed by atoms with E-state index in [-0.39, 0.29) is 44.6 Å². The molecule has 2 atom stereocenters. The van der Waals surface area contributed by atoms with Gasteiger partial charge in [0.15, 0.2) is 11.5 Å². The number of fused-ring (bicyclic) bond motifs is 1. The van der Waals surface area contributed by atoms with Crippen molar-refractivity contribution in [2.24, 2.45) is 11.8 Å². The SMILES string of the molecule is Cl.O=C(CCN1C[C@@H](C(F)(F)F)[C@H](C(=O)O)C1)Nc1ccc2c(c1)OCO2. The molecule has 0 aliphatic carbocycles. The lowest BCUT2D eigenvalue weighted by molar-refractivity contribution is -0.188. The van der Waals surface area contributed by atoms with E-state index in [1.165, 1.54) is 4.90 Å². The fraction of sp³-hybridized carbons (Fsp3) is 0.500. The molecule has 27 heavy (non-hydrogen) atoms. The van der Waals surface area contributed by atoms with Gasteiger partial charge >= 0.3 is 12.1 Å². The van der Waals surface area contributed by atoms with Crippen LogP contribution in [-0.4, -0.2) is 54.5 Å². The number of carbonyl (C=O) groups excluding carboxylic acids is 1. The maximum absolute atomic E-state index is 12.9. The fourth-order valence-corrected chi connectivity index (χ4v) is 3.11. The lowest BCUT2D eigenvalue weighted by atomic mass is 9.96. The number of carboxylic acids is 1. The Hall–Kier alpha value is -2.20. The summed E-state index contributed by atoms with van der Waals surface area (Å²) < 4.78 is 49.2.